The Hall–Kier alpha value is -2.95. The molecule has 0 saturated carbocycles. The van der Waals surface area contributed by atoms with Crippen LogP contribution in [0.4, 0.5) is 21.7 Å². The van der Waals surface area contributed by atoms with Crippen LogP contribution in [-0.4, -0.2) is 9.97 Å². The molecule has 0 aliphatic carbocycles. The van der Waals surface area contributed by atoms with Gasteiger partial charge in [0.1, 0.15) is 17.5 Å². The molecule has 3 N–H and O–H groups in total. The van der Waals surface area contributed by atoms with E-state index in [0.29, 0.717) is 11.4 Å². The van der Waals surface area contributed by atoms with Crippen LogP contribution in [0.3, 0.4) is 0 Å². The zero-order valence-corrected chi connectivity index (χ0v) is 12.0. The number of anilines is 3. The third-order valence-electron chi connectivity index (χ3n) is 3.18. The van der Waals surface area contributed by atoms with Gasteiger partial charge in [-0.15, -0.1) is 0 Å². The summed E-state index contributed by atoms with van der Waals surface area (Å²) in [6, 6.07) is 15.8. The lowest BCUT2D eigenvalue weighted by Gasteiger charge is -2.09. The van der Waals surface area contributed by atoms with Crippen molar-refractivity contribution < 1.29 is 4.39 Å². The average molecular weight is 294 g/mol. The molecule has 5 heteroatoms. The van der Waals surface area contributed by atoms with Gasteiger partial charge in [0.25, 0.3) is 0 Å². The topological polar surface area (TPSA) is 63.8 Å². The van der Waals surface area contributed by atoms with Gasteiger partial charge in [-0.05, 0) is 31.2 Å². The first kappa shape index (κ1) is 14.0. The summed E-state index contributed by atoms with van der Waals surface area (Å²) in [7, 11) is 0. The standard InChI is InChI=1S/C17H15FN4/c1-11-6-8-12(9-7-11)20-16-10-15(19)21-17(22-16)13-4-2-3-5-14(13)18/h2-10H,1H3,(H3,19,20,21,22). The maximum Gasteiger partial charge on any atom is 0.166 e. The Labute approximate surface area is 127 Å². The Balaban J connectivity index is 1.96. The molecule has 0 fully saturated rings. The molecule has 0 aliphatic heterocycles. The number of aryl methyl sites for hydroxylation is 1. The fraction of sp³-hybridized carbons (Fsp3) is 0.0588. The molecule has 0 unspecified atom stereocenters. The summed E-state index contributed by atoms with van der Waals surface area (Å²) in [6.45, 7) is 2.02. The highest BCUT2D eigenvalue weighted by Crippen LogP contribution is 2.23. The quantitative estimate of drug-likeness (QED) is 0.768. The normalized spacial score (nSPS) is 10.5. The molecule has 0 radical (unpaired) electrons. The number of aromatic nitrogens is 2. The monoisotopic (exact) mass is 294 g/mol. The van der Waals surface area contributed by atoms with Crippen molar-refractivity contribution in [2.24, 2.45) is 0 Å². The summed E-state index contributed by atoms with van der Waals surface area (Å²) >= 11 is 0. The van der Waals surface area contributed by atoms with Gasteiger partial charge in [0, 0.05) is 11.8 Å². The molecule has 1 aromatic heterocycles. The van der Waals surface area contributed by atoms with Gasteiger partial charge in [-0.2, -0.15) is 0 Å². The van der Waals surface area contributed by atoms with Gasteiger partial charge < -0.3 is 11.1 Å². The van der Waals surface area contributed by atoms with E-state index in [0.717, 1.165) is 5.69 Å². The van der Waals surface area contributed by atoms with E-state index in [-0.39, 0.29) is 17.5 Å². The minimum Gasteiger partial charge on any atom is -0.384 e. The number of nitrogens with two attached hydrogens (primary N) is 1. The summed E-state index contributed by atoms with van der Waals surface area (Å²) < 4.78 is 13.9. The third kappa shape index (κ3) is 3.03. The van der Waals surface area contributed by atoms with E-state index in [2.05, 4.69) is 15.3 Å². The van der Waals surface area contributed by atoms with Crippen molar-refractivity contribution in [1.29, 1.82) is 0 Å². The molecule has 3 aromatic rings. The predicted octanol–water partition coefficient (Wildman–Crippen LogP) is 3.92. The largest absolute Gasteiger partial charge is 0.384 e. The van der Waals surface area contributed by atoms with Crippen LogP contribution in [0.5, 0.6) is 0 Å². The van der Waals surface area contributed by atoms with Crippen molar-refractivity contribution in [3.05, 3.63) is 66.0 Å². The van der Waals surface area contributed by atoms with Gasteiger partial charge in [-0.3, -0.25) is 0 Å². The number of nitrogens with zero attached hydrogens (tertiary/aromatic N) is 2. The molecule has 0 spiro atoms. The molecule has 0 aliphatic rings. The van der Waals surface area contributed by atoms with E-state index in [4.69, 9.17) is 5.73 Å². The Morgan fingerprint density at radius 3 is 2.45 bits per heavy atom. The molecule has 110 valence electrons. The number of rotatable bonds is 3. The van der Waals surface area contributed by atoms with Crippen molar-refractivity contribution in [2.45, 2.75) is 6.92 Å². The molecular weight excluding hydrogens is 279 g/mol. The SMILES string of the molecule is Cc1ccc(Nc2cc(N)nc(-c3ccccc3F)n2)cc1. The summed E-state index contributed by atoms with van der Waals surface area (Å²) in [5.74, 6) is 0.680. The highest BCUT2D eigenvalue weighted by atomic mass is 19.1. The van der Waals surface area contributed by atoms with Crippen molar-refractivity contribution in [3.8, 4) is 11.4 Å². The molecule has 4 nitrogen and oxygen atoms in total. The highest BCUT2D eigenvalue weighted by molar-refractivity contribution is 5.64. The summed E-state index contributed by atoms with van der Waals surface area (Å²) in [5.41, 5.74) is 8.18. The van der Waals surface area contributed by atoms with Gasteiger partial charge in [-0.25, -0.2) is 14.4 Å². The third-order valence-corrected chi connectivity index (χ3v) is 3.18. The van der Waals surface area contributed by atoms with Gasteiger partial charge in [0.15, 0.2) is 5.82 Å². The van der Waals surface area contributed by atoms with Gasteiger partial charge in [0.2, 0.25) is 0 Å². The van der Waals surface area contributed by atoms with Crippen LogP contribution in [0.2, 0.25) is 0 Å². The molecule has 0 bridgehead atoms. The maximum atomic E-state index is 13.9. The number of benzene rings is 2. The first-order valence-electron chi connectivity index (χ1n) is 6.85. The minimum atomic E-state index is -0.380. The van der Waals surface area contributed by atoms with Crippen LogP contribution in [-0.2, 0) is 0 Å². The van der Waals surface area contributed by atoms with Crippen LogP contribution in [0.15, 0.2) is 54.6 Å². The predicted molar refractivity (Wildman–Crippen MR) is 86.3 cm³/mol. The zero-order valence-electron chi connectivity index (χ0n) is 12.0. The van der Waals surface area contributed by atoms with Crippen LogP contribution in [0.1, 0.15) is 5.56 Å². The van der Waals surface area contributed by atoms with E-state index in [1.807, 2.05) is 31.2 Å². The molecule has 22 heavy (non-hydrogen) atoms. The maximum absolute atomic E-state index is 13.9. The van der Waals surface area contributed by atoms with Crippen LogP contribution < -0.4 is 11.1 Å². The lowest BCUT2D eigenvalue weighted by atomic mass is 10.2. The first-order valence-corrected chi connectivity index (χ1v) is 6.85. The average Bonchev–Trinajstić information content (AvgIpc) is 2.49. The molecule has 1 heterocycles. The smallest absolute Gasteiger partial charge is 0.166 e. The Bertz CT molecular complexity index is 800. The molecule has 2 aromatic carbocycles. The zero-order chi connectivity index (χ0) is 15.5. The number of hydrogen-bond donors (Lipinski definition) is 2. The van der Waals surface area contributed by atoms with E-state index in [1.165, 1.54) is 11.6 Å². The lowest BCUT2D eigenvalue weighted by Crippen LogP contribution is -2.01. The Kier molecular flexibility index (Phi) is 3.70. The van der Waals surface area contributed by atoms with E-state index in [9.17, 15) is 4.39 Å². The van der Waals surface area contributed by atoms with E-state index < -0.39 is 0 Å². The van der Waals surface area contributed by atoms with Gasteiger partial charge in [0.05, 0.1) is 5.56 Å². The number of nitrogens with one attached hydrogen (secondary N) is 1. The summed E-state index contributed by atoms with van der Waals surface area (Å²) in [4.78, 5) is 8.45. The van der Waals surface area contributed by atoms with Crippen molar-refractivity contribution in [3.63, 3.8) is 0 Å². The van der Waals surface area contributed by atoms with Crippen molar-refractivity contribution in [1.82, 2.24) is 9.97 Å². The minimum absolute atomic E-state index is 0.257. The van der Waals surface area contributed by atoms with Crippen LogP contribution >= 0.6 is 0 Å². The molecular formula is C17H15FN4. The van der Waals surface area contributed by atoms with Gasteiger partial charge in [-0.1, -0.05) is 29.8 Å². The number of hydrogen-bond acceptors (Lipinski definition) is 4. The fourth-order valence-electron chi connectivity index (χ4n) is 2.08. The fourth-order valence-corrected chi connectivity index (χ4v) is 2.08. The van der Waals surface area contributed by atoms with Crippen molar-refractivity contribution in [2.75, 3.05) is 11.1 Å². The second-order valence-electron chi connectivity index (χ2n) is 4.97. The first-order chi connectivity index (χ1) is 10.6. The number of nitrogen functional groups attached to an aromatic ring is 1. The molecule has 0 saturated heterocycles. The second-order valence-corrected chi connectivity index (χ2v) is 4.97. The number of halogens is 1. The second kappa shape index (κ2) is 5.81. The highest BCUT2D eigenvalue weighted by Gasteiger charge is 2.10. The van der Waals surface area contributed by atoms with E-state index >= 15 is 0 Å². The van der Waals surface area contributed by atoms with Crippen LogP contribution in [0, 0.1) is 12.7 Å². The molecule has 0 atom stereocenters. The van der Waals surface area contributed by atoms with Gasteiger partial charge >= 0.3 is 0 Å². The Morgan fingerprint density at radius 1 is 1.00 bits per heavy atom. The molecule has 0 amide bonds. The van der Waals surface area contributed by atoms with E-state index in [1.54, 1.807) is 24.3 Å². The molecule has 3 rings (SSSR count). The summed E-state index contributed by atoms with van der Waals surface area (Å²) in [5, 5.41) is 3.15. The lowest BCUT2D eigenvalue weighted by molar-refractivity contribution is 0.630. The summed E-state index contributed by atoms with van der Waals surface area (Å²) in [6.07, 6.45) is 0. The Morgan fingerprint density at radius 2 is 1.73 bits per heavy atom. The van der Waals surface area contributed by atoms with Crippen LogP contribution in [0.25, 0.3) is 11.4 Å². The van der Waals surface area contributed by atoms with Crippen molar-refractivity contribution >= 4 is 17.3 Å².